The van der Waals surface area contributed by atoms with E-state index in [1.807, 2.05) is 43.3 Å². The van der Waals surface area contributed by atoms with Crippen LogP contribution in [0.15, 0.2) is 83.8 Å². The van der Waals surface area contributed by atoms with Gasteiger partial charge in [0.25, 0.3) is 0 Å². The monoisotopic (exact) mass is 425 g/mol. The largest absolute Gasteiger partial charge is 0.484 e. The maximum Gasteiger partial charge on any atom is 0.241 e. The van der Waals surface area contributed by atoms with Gasteiger partial charge in [-0.25, -0.2) is 8.42 Å². The van der Waals surface area contributed by atoms with Crippen molar-refractivity contribution in [1.82, 2.24) is 4.72 Å². The van der Waals surface area contributed by atoms with Crippen LogP contribution in [-0.2, 0) is 10.0 Å². The van der Waals surface area contributed by atoms with E-state index in [2.05, 4.69) is 4.72 Å². The normalized spacial score (nSPS) is 18.3. The molecule has 0 heterocycles. The van der Waals surface area contributed by atoms with Gasteiger partial charge in [0.2, 0.25) is 10.0 Å². The third-order valence-electron chi connectivity index (χ3n) is 4.81. The summed E-state index contributed by atoms with van der Waals surface area (Å²) in [5, 5.41) is 0.555. The lowest BCUT2D eigenvalue weighted by Crippen LogP contribution is -2.39. The molecule has 1 N–H and O–H groups in total. The van der Waals surface area contributed by atoms with Gasteiger partial charge < -0.3 is 4.74 Å². The molecule has 6 heteroatoms. The number of nitrogens with one attached hydrogen (secondary N) is 1. The van der Waals surface area contributed by atoms with Crippen LogP contribution in [0.25, 0.3) is 6.08 Å². The van der Waals surface area contributed by atoms with Crippen molar-refractivity contribution in [3.8, 4) is 5.75 Å². The Morgan fingerprint density at radius 2 is 1.72 bits per heavy atom. The predicted molar refractivity (Wildman–Crippen MR) is 116 cm³/mol. The number of hydrogen-bond acceptors (Lipinski definition) is 3. The van der Waals surface area contributed by atoms with Gasteiger partial charge in [-0.2, -0.15) is 4.72 Å². The fraction of sp³-hybridized carbons (Fsp3) is 0.130. The molecule has 3 aromatic rings. The highest BCUT2D eigenvalue weighted by Gasteiger charge is 2.32. The molecule has 29 heavy (non-hydrogen) atoms. The van der Waals surface area contributed by atoms with Gasteiger partial charge in [-0.1, -0.05) is 65.7 Å². The summed E-state index contributed by atoms with van der Waals surface area (Å²) in [6.45, 7) is 1.92. The fourth-order valence-electron chi connectivity index (χ4n) is 3.32. The van der Waals surface area contributed by atoms with Crippen LogP contribution < -0.4 is 9.46 Å². The molecule has 0 unspecified atom stereocenters. The molecule has 0 bridgehead atoms. The van der Waals surface area contributed by atoms with Crippen LogP contribution in [0.5, 0.6) is 5.75 Å². The van der Waals surface area contributed by atoms with E-state index >= 15 is 0 Å². The Hall–Kier alpha value is -2.60. The van der Waals surface area contributed by atoms with Crippen LogP contribution in [0, 0.1) is 6.92 Å². The van der Waals surface area contributed by atoms with E-state index in [-0.39, 0.29) is 4.90 Å². The van der Waals surface area contributed by atoms with E-state index in [0.29, 0.717) is 10.8 Å². The smallest absolute Gasteiger partial charge is 0.241 e. The van der Waals surface area contributed by atoms with Crippen molar-refractivity contribution < 1.29 is 13.2 Å². The first kappa shape index (κ1) is 19.7. The molecule has 148 valence electrons. The minimum atomic E-state index is -3.74. The van der Waals surface area contributed by atoms with Crippen LogP contribution >= 0.6 is 11.6 Å². The van der Waals surface area contributed by atoms with Crippen molar-refractivity contribution in [3.05, 3.63) is 101 Å². The second kappa shape index (κ2) is 8.03. The van der Waals surface area contributed by atoms with Crippen LogP contribution in [0.3, 0.4) is 0 Å². The minimum Gasteiger partial charge on any atom is -0.484 e. The van der Waals surface area contributed by atoms with E-state index < -0.39 is 22.2 Å². The number of benzene rings is 3. The maximum atomic E-state index is 13.1. The molecule has 0 radical (unpaired) electrons. The van der Waals surface area contributed by atoms with Gasteiger partial charge in [0, 0.05) is 5.02 Å². The van der Waals surface area contributed by atoms with E-state index in [1.54, 1.807) is 48.5 Å². The molecule has 4 rings (SSSR count). The van der Waals surface area contributed by atoms with Gasteiger partial charge in [0.05, 0.1) is 10.9 Å². The third-order valence-corrected chi connectivity index (χ3v) is 6.50. The Morgan fingerprint density at radius 3 is 2.48 bits per heavy atom. The van der Waals surface area contributed by atoms with Gasteiger partial charge >= 0.3 is 0 Å². The minimum absolute atomic E-state index is 0.219. The lowest BCUT2D eigenvalue weighted by Gasteiger charge is -2.31. The van der Waals surface area contributed by atoms with Crippen molar-refractivity contribution in [1.29, 1.82) is 0 Å². The molecule has 1 aliphatic rings. The third kappa shape index (κ3) is 4.37. The Kier molecular flexibility index (Phi) is 5.46. The first-order chi connectivity index (χ1) is 13.9. The molecule has 0 saturated heterocycles. The average Bonchev–Trinajstić information content (AvgIpc) is 2.70. The Labute approximate surface area is 175 Å². The molecule has 4 nitrogen and oxygen atoms in total. The molecule has 3 aromatic carbocycles. The van der Waals surface area contributed by atoms with Crippen molar-refractivity contribution >= 4 is 27.7 Å². The lowest BCUT2D eigenvalue weighted by atomic mass is 9.91. The summed E-state index contributed by atoms with van der Waals surface area (Å²) in [7, 11) is -3.74. The number of aryl methyl sites for hydroxylation is 1. The first-order valence-electron chi connectivity index (χ1n) is 9.21. The van der Waals surface area contributed by atoms with E-state index in [9.17, 15) is 8.42 Å². The van der Waals surface area contributed by atoms with Crippen molar-refractivity contribution in [2.45, 2.75) is 24.0 Å². The Bertz CT molecular complexity index is 1160. The van der Waals surface area contributed by atoms with E-state index in [0.717, 1.165) is 16.7 Å². The van der Waals surface area contributed by atoms with Crippen LogP contribution in [0.2, 0.25) is 5.02 Å². The molecule has 0 fully saturated rings. The zero-order valence-electron chi connectivity index (χ0n) is 15.7. The Morgan fingerprint density at radius 1 is 0.966 bits per heavy atom. The van der Waals surface area contributed by atoms with Crippen LogP contribution in [-0.4, -0.2) is 14.5 Å². The van der Waals surface area contributed by atoms with Crippen molar-refractivity contribution in [2.75, 3.05) is 0 Å². The Balaban J connectivity index is 1.69. The lowest BCUT2D eigenvalue weighted by molar-refractivity contribution is 0.208. The zero-order chi connectivity index (χ0) is 20.4. The summed E-state index contributed by atoms with van der Waals surface area (Å²) in [6, 6.07) is 20.9. The highest BCUT2D eigenvalue weighted by molar-refractivity contribution is 7.89. The van der Waals surface area contributed by atoms with Gasteiger partial charge in [-0.05, 0) is 54.5 Å². The van der Waals surface area contributed by atoms with Gasteiger partial charge in [0.1, 0.15) is 11.9 Å². The fourth-order valence-corrected chi connectivity index (χ4v) is 4.73. The van der Waals surface area contributed by atoms with Gasteiger partial charge in [0.15, 0.2) is 0 Å². The highest BCUT2D eigenvalue weighted by Crippen LogP contribution is 2.32. The summed E-state index contributed by atoms with van der Waals surface area (Å²) in [4.78, 5) is 0.219. The molecule has 0 spiro atoms. The number of ether oxygens (including phenoxy) is 1. The molecule has 0 amide bonds. The van der Waals surface area contributed by atoms with Gasteiger partial charge in [-0.15, -0.1) is 0 Å². The van der Waals surface area contributed by atoms with Crippen molar-refractivity contribution in [3.63, 3.8) is 0 Å². The molecule has 0 aromatic heterocycles. The number of rotatable bonds is 5. The number of hydrogen-bond donors (Lipinski definition) is 1. The molecule has 0 aliphatic heterocycles. The van der Waals surface area contributed by atoms with Crippen LogP contribution in [0.1, 0.15) is 22.7 Å². The topological polar surface area (TPSA) is 55.4 Å². The zero-order valence-corrected chi connectivity index (χ0v) is 17.3. The predicted octanol–water partition coefficient (Wildman–Crippen LogP) is 5.14. The van der Waals surface area contributed by atoms with Crippen LogP contribution in [0.4, 0.5) is 0 Å². The quantitative estimate of drug-likeness (QED) is 0.615. The summed E-state index contributed by atoms with van der Waals surface area (Å²) < 4.78 is 35.1. The number of sulfonamides is 1. The van der Waals surface area contributed by atoms with Gasteiger partial charge in [-0.3, -0.25) is 0 Å². The molecular weight excluding hydrogens is 406 g/mol. The molecule has 2 atom stereocenters. The summed E-state index contributed by atoms with van der Waals surface area (Å²) >= 11 is 6.07. The second-order valence-electron chi connectivity index (χ2n) is 6.94. The molecular formula is C23H20ClNO3S. The summed E-state index contributed by atoms with van der Waals surface area (Å²) in [5.41, 5.74) is 2.81. The SMILES string of the molecule is Cc1ccc(S(=O)(=O)N[C@@H]2c3ccccc3C=C[C@H]2Oc2cccc(Cl)c2)cc1. The molecule has 1 aliphatic carbocycles. The number of fused-ring (bicyclic) bond motifs is 1. The standard InChI is InChI=1S/C23H20ClNO3S/c1-16-9-12-20(13-10-16)29(26,27)25-23-21-8-3-2-5-17(21)11-14-22(23)28-19-7-4-6-18(24)15-19/h2-15,22-23,25H,1H3/t22-,23-/m1/s1. The summed E-state index contributed by atoms with van der Waals surface area (Å²) in [6.07, 6.45) is 3.29. The highest BCUT2D eigenvalue weighted by atomic mass is 35.5. The second-order valence-corrected chi connectivity index (χ2v) is 9.09. The number of halogens is 1. The van der Waals surface area contributed by atoms with Crippen molar-refractivity contribution in [2.24, 2.45) is 0 Å². The first-order valence-corrected chi connectivity index (χ1v) is 11.1. The maximum absolute atomic E-state index is 13.1. The summed E-state index contributed by atoms with van der Waals surface area (Å²) in [5.74, 6) is 0.575. The molecule has 0 saturated carbocycles. The van der Waals surface area contributed by atoms with E-state index in [1.165, 1.54) is 0 Å². The van der Waals surface area contributed by atoms with E-state index in [4.69, 9.17) is 16.3 Å². The average molecular weight is 426 g/mol.